The Morgan fingerprint density at radius 3 is 3.06 bits per heavy atom. The second-order valence-electron chi connectivity index (χ2n) is 3.71. The third-order valence-corrected chi connectivity index (χ3v) is 2.55. The predicted octanol–water partition coefficient (Wildman–Crippen LogP) is 1.53. The summed E-state index contributed by atoms with van der Waals surface area (Å²) in [4.78, 5) is 24.4. The van der Waals surface area contributed by atoms with Crippen molar-refractivity contribution in [1.29, 1.82) is 0 Å². The molecule has 0 bridgehead atoms. The molecule has 2 rings (SSSR count). The summed E-state index contributed by atoms with van der Waals surface area (Å²) in [5.74, 6) is -0.320. The van der Waals surface area contributed by atoms with Gasteiger partial charge in [-0.25, -0.2) is 0 Å². The van der Waals surface area contributed by atoms with Gasteiger partial charge in [-0.2, -0.15) is 0 Å². The summed E-state index contributed by atoms with van der Waals surface area (Å²) in [6, 6.07) is 1.82. The van der Waals surface area contributed by atoms with Crippen molar-refractivity contribution < 1.29 is 14.0 Å². The van der Waals surface area contributed by atoms with Crippen LogP contribution in [0, 0.1) is 0 Å². The molecule has 1 aliphatic rings. The van der Waals surface area contributed by atoms with E-state index in [0.717, 1.165) is 12.0 Å². The number of carbonyl (C=O) groups excluding carboxylic acids is 2. The van der Waals surface area contributed by atoms with Gasteiger partial charge in [0.15, 0.2) is 0 Å². The van der Waals surface area contributed by atoms with Gasteiger partial charge in [0.2, 0.25) is 5.91 Å². The maximum absolute atomic E-state index is 11.7. The van der Waals surface area contributed by atoms with Crippen molar-refractivity contribution in [2.75, 3.05) is 6.54 Å². The van der Waals surface area contributed by atoms with Crippen LogP contribution in [0.4, 0.5) is 0 Å². The highest BCUT2D eigenvalue weighted by atomic mass is 16.3. The highest BCUT2D eigenvalue weighted by Gasteiger charge is 2.20. The van der Waals surface area contributed by atoms with Crippen molar-refractivity contribution in [3.63, 3.8) is 0 Å². The standard InChI is InChI=1S/C12H13NO3/c14-11-3-1-2-7-13(11)12(15)5-4-10-6-8-16-9-10/h1,3,6,8-9H,2,4-5,7H2. The van der Waals surface area contributed by atoms with Gasteiger partial charge < -0.3 is 4.42 Å². The number of carbonyl (C=O) groups is 2. The van der Waals surface area contributed by atoms with E-state index in [0.29, 0.717) is 19.4 Å². The molecular weight excluding hydrogens is 206 g/mol. The van der Waals surface area contributed by atoms with Crippen LogP contribution in [-0.2, 0) is 16.0 Å². The van der Waals surface area contributed by atoms with Crippen LogP contribution in [-0.4, -0.2) is 23.3 Å². The molecule has 16 heavy (non-hydrogen) atoms. The normalized spacial score (nSPS) is 15.5. The Morgan fingerprint density at radius 2 is 2.38 bits per heavy atom. The fourth-order valence-corrected chi connectivity index (χ4v) is 1.66. The van der Waals surface area contributed by atoms with Crippen LogP contribution in [0.25, 0.3) is 0 Å². The molecule has 1 aromatic rings. The van der Waals surface area contributed by atoms with E-state index in [1.165, 1.54) is 11.0 Å². The number of amides is 2. The lowest BCUT2D eigenvalue weighted by Gasteiger charge is -2.21. The number of aryl methyl sites for hydroxylation is 1. The van der Waals surface area contributed by atoms with Crippen LogP contribution in [0.2, 0.25) is 0 Å². The molecule has 0 saturated carbocycles. The van der Waals surface area contributed by atoms with E-state index in [9.17, 15) is 9.59 Å². The number of imide groups is 1. The quantitative estimate of drug-likeness (QED) is 0.774. The van der Waals surface area contributed by atoms with Gasteiger partial charge in [0.25, 0.3) is 5.91 Å². The fourth-order valence-electron chi connectivity index (χ4n) is 1.66. The SMILES string of the molecule is O=C1C=CCCN1C(=O)CCc1ccoc1. The Hall–Kier alpha value is -1.84. The summed E-state index contributed by atoms with van der Waals surface area (Å²) < 4.78 is 4.91. The second-order valence-corrected chi connectivity index (χ2v) is 3.71. The van der Waals surface area contributed by atoms with Crippen molar-refractivity contribution in [2.45, 2.75) is 19.3 Å². The molecule has 2 amide bonds. The van der Waals surface area contributed by atoms with Crippen LogP contribution in [0.15, 0.2) is 35.2 Å². The molecule has 4 heteroatoms. The number of rotatable bonds is 3. The zero-order valence-corrected chi connectivity index (χ0v) is 8.89. The van der Waals surface area contributed by atoms with Gasteiger partial charge in [-0.3, -0.25) is 14.5 Å². The summed E-state index contributed by atoms with van der Waals surface area (Å²) in [5.41, 5.74) is 0.980. The molecule has 0 radical (unpaired) electrons. The molecule has 0 spiro atoms. The van der Waals surface area contributed by atoms with Crippen LogP contribution in [0.1, 0.15) is 18.4 Å². The Kier molecular flexibility index (Phi) is 3.19. The van der Waals surface area contributed by atoms with E-state index in [2.05, 4.69) is 0 Å². The minimum Gasteiger partial charge on any atom is -0.472 e. The second kappa shape index (κ2) is 4.79. The van der Waals surface area contributed by atoms with E-state index in [4.69, 9.17) is 4.42 Å². The summed E-state index contributed by atoms with van der Waals surface area (Å²) in [7, 11) is 0. The Balaban J connectivity index is 1.88. The minimum atomic E-state index is -0.205. The number of nitrogens with zero attached hydrogens (tertiary/aromatic N) is 1. The van der Waals surface area contributed by atoms with Gasteiger partial charge in [-0.15, -0.1) is 0 Å². The minimum absolute atomic E-state index is 0.115. The first-order valence-electron chi connectivity index (χ1n) is 5.29. The van der Waals surface area contributed by atoms with Crippen molar-refractivity contribution in [1.82, 2.24) is 4.90 Å². The zero-order chi connectivity index (χ0) is 11.4. The van der Waals surface area contributed by atoms with Gasteiger partial charge in [-0.05, 0) is 30.5 Å². The zero-order valence-electron chi connectivity index (χ0n) is 8.89. The third-order valence-electron chi connectivity index (χ3n) is 2.55. The first-order chi connectivity index (χ1) is 7.77. The Labute approximate surface area is 93.5 Å². The molecule has 0 atom stereocenters. The summed E-state index contributed by atoms with van der Waals surface area (Å²) in [6.45, 7) is 0.500. The van der Waals surface area contributed by atoms with Crippen LogP contribution in [0.3, 0.4) is 0 Å². The molecular formula is C12H13NO3. The van der Waals surface area contributed by atoms with E-state index in [1.54, 1.807) is 18.6 Å². The average molecular weight is 219 g/mol. The predicted molar refractivity (Wildman–Crippen MR) is 57.5 cm³/mol. The lowest BCUT2D eigenvalue weighted by atomic mass is 10.1. The molecule has 0 fully saturated rings. The van der Waals surface area contributed by atoms with Crippen LogP contribution >= 0.6 is 0 Å². The third kappa shape index (κ3) is 2.39. The average Bonchev–Trinajstić information content (AvgIpc) is 2.79. The molecule has 4 nitrogen and oxygen atoms in total. The van der Waals surface area contributed by atoms with Crippen LogP contribution < -0.4 is 0 Å². The highest BCUT2D eigenvalue weighted by molar-refractivity contribution is 6.01. The first kappa shape index (κ1) is 10.7. The maximum atomic E-state index is 11.7. The lowest BCUT2D eigenvalue weighted by Crippen LogP contribution is -2.38. The Morgan fingerprint density at radius 1 is 1.50 bits per heavy atom. The molecule has 1 aromatic heterocycles. The van der Waals surface area contributed by atoms with E-state index >= 15 is 0 Å². The van der Waals surface area contributed by atoms with Crippen molar-refractivity contribution >= 4 is 11.8 Å². The van der Waals surface area contributed by atoms with Crippen LogP contribution in [0.5, 0.6) is 0 Å². The summed E-state index contributed by atoms with van der Waals surface area (Å²) >= 11 is 0. The van der Waals surface area contributed by atoms with Gasteiger partial charge in [-0.1, -0.05) is 6.08 Å². The highest BCUT2D eigenvalue weighted by Crippen LogP contribution is 2.09. The molecule has 0 N–H and O–H groups in total. The maximum Gasteiger partial charge on any atom is 0.252 e. The van der Waals surface area contributed by atoms with Gasteiger partial charge in [0, 0.05) is 13.0 Å². The molecule has 0 unspecified atom stereocenters. The molecule has 0 saturated heterocycles. The monoisotopic (exact) mass is 219 g/mol. The fraction of sp³-hybridized carbons (Fsp3) is 0.333. The van der Waals surface area contributed by atoms with Crippen molar-refractivity contribution in [2.24, 2.45) is 0 Å². The summed E-state index contributed by atoms with van der Waals surface area (Å²) in [5, 5.41) is 0. The van der Waals surface area contributed by atoms with Gasteiger partial charge in [0.05, 0.1) is 12.5 Å². The first-order valence-corrected chi connectivity index (χ1v) is 5.29. The molecule has 0 aliphatic carbocycles. The largest absolute Gasteiger partial charge is 0.472 e. The molecule has 2 heterocycles. The van der Waals surface area contributed by atoms with E-state index < -0.39 is 0 Å². The number of furan rings is 1. The number of hydrogen-bond acceptors (Lipinski definition) is 3. The smallest absolute Gasteiger partial charge is 0.252 e. The van der Waals surface area contributed by atoms with Gasteiger partial charge >= 0.3 is 0 Å². The Bertz CT molecular complexity index is 406. The topological polar surface area (TPSA) is 50.5 Å². The van der Waals surface area contributed by atoms with Crippen molar-refractivity contribution in [3.8, 4) is 0 Å². The van der Waals surface area contributed by atoms with Crippen molar-refractivity contribution in [3.05, 3.63) is 36.3 Å². The number of hydrogen-bond donors (Lipinski definition) is 0. The van der Waals surface area contributed by atoms with E-state index in [1.807, 2.05) is 6.07 Å². The molecule has 84 valence electrons. The van der Waals surface area contributed by atoms with Gasteiger partial charge in [0.1, 0.15) is 0 Å². The molecule has 0 aromatic carbocycles. The summed E-state index contributed by atoms with van der Waals surface area (Å²) in [6.07, 6.45) is 8.16. The molecule has 1 aliphatic heterocycles. The lowest BCUT2D eigenvalue weighted by molar-refractivity contribution is -0.142. The van der Waals surface area contributed by atoms with E-state index in [-0.39, 0.29) is 11.8 Å².